The first kappa shape index (κ1) is 15.4. The van der Waals surface area contributed by atoms with Crippen LogP contribution in [0.1, 0.15) is 53.0 Å². The van der Waals surface area contributed by atoms with E-state index < -0.39 is 17.0 Å². The Kier molecular flexibility index (Phi) is 4.21. The molecule has 20 heavy (non-hydrogen) atoms. The van der Waals surface area contributed by atoms with Crippen LogP contribution in [0.25, 0.3) is 0 Å². The van der Waals surface area contributed by atoms with Gasteiger partial charge in [0.25, 0.3) is 5.79 Å². The maximum Gasteiger partial charge on any atom is 0.256 e. The minimum absolute atomic E-state index is 0.398. The van der Waals surface area contributed by atoms with Gasteiger partial charge < -0.3 is 0 Å². The molecule has 1 aliphatic heterocycles. The Balaban J connectivity index is 2.28. The van der Waals surface area contributed by atoms with E-state index in [2.05, 4.69) is 0 Å². The van der Waals surface area contributed by atoms with Gasteiger partial charge in [-0.1, -0.05) is 30.3 Å². The molecular weight excluding hydrogens is 256 g/mol. The topological polar surface area (TPSA) is 36.9 Å². The summed E-state index contributed by atoms with van der Waals surface area (Å²) in [5.41, 5.74) is 0.0443. The van der Waals surface area contributed by atoms with Gasteiger partial charge in [-0.3, -0.25) is 0 Å². The lowest BCUT2D eigenvalue weighted by Gasteiger charge is -2.31. The van der Waals surface area contributed by atoms with Crippen LogP contribution in [0.2, 0.25) is 0 Å². The van der Waals surface area contributed by atoms with Gasteiger partial charge in [0.15, 0.2) is 0 Å². The summed E-state index contributed by atoms with van der Waals surface area (Å²) in [6, 6.07) is 9.64. The second-order valence-corrected chi connectivity index (χ2v) is 6.66. The minimum Gasteiger partial charge on any atom is -0.227 e. The maximum atomic E-state index is 5.61. The lowest BCUT2D eigenvalue weighted by Crippen LogP contribution is -2.34. The summed E-state index contributed by atoms with van der Waals surface area (Å²) in [6.07, 6.45) is 1.63. The molecule has 4 heteroatoms. The zero-order valence-corrected chi connectivity index (χ0v) is 12.9. The zero-order chi connectivity index (χ0) is 14.9. The van der Waals surface area contributed by atoms with Crippen LogP contribution in [0.5, 0.6) is 0 Å². The van der Waals surface area contributed by atoms with Crippen LogP contribution in [-0.4, -0.2) is 11.2 Å². The van der Waals surface area contributed by atoms with E-state index in [0.717, 1.165) is 18.4 Å². The van der Waals surface area contributed by atoms with E-state index >= 15 is 0 Å². The van der Waals surface area contributed by atoms with Crippen molar-refractivity contribution in [3.8, 4) is 0 Å². The van der Waals surface area contributed by atoms with E-state index in [1.54, 1.807) is 6.92 Å². The molecule has 1 fully saturated rings. The van der Waals surface area contributed by atoms with Crippen LogP contribution >= 0.6 is 0 Å². The van der Waals surface area contributed by atoms with Crippen molar-refractivity contribution in [2.75, 3.05) is 0 Å². The second kappa shape index (κ2) is 5.45. The van der Waals surface area contributed by atoms with E-state index in [0.29, 0.717) is 0 Å². The second-order valence-electron chi connectivity index (χ2n) is 6.66. The van der Waals surface area contributed by atoms with Crippen LogP contribution in [0.3, 0.4) is 0 Å². The van der Waals surface area contributed by atoms with Gasteiger partial charge in [-0.25, -0.2) is 9.78 Å². The van der Waals surface area contributed by atoms with E-state index in [9.17, 15) is 0 Å². The van der Waals surface area contributed by atoms with Crippen molar-refractivity contribution in [1.82, 2.24) is 0 Å². The highest BCUT2D eigenvalue weighted by Crippen LogP contribution is 2.35. The Bertz CT molecular complexity index is 419. The standard InChI is InChI=1S/C16H24O4/c1-14(2)11-12-15(3,4)18-20-16(5,19-17-14)13-9-7-6-8-10-13/h6-10H,11-12H2,1-5H3. The van der Waals surface area contributed by atoms with Gasteiger partial charge in [-0.2, -0.15) is 9.78 Å². The number of rotatable bonds is 1. The molecule has 1 aromatic rings. The Morgan fingerprint density at radius 1 is 0.700 bits per heavy atom. The Hall–Kier alpha value is -0.940. The van der Waals surface area contributed by atoms with E-state index in [1.165, 1.54) is 0 Å². The molecular formula is C16H24O4. The largest absolute Gasteiger partial charge is 0.256 e. The predicted molar refractivity (Wildman–Crippen MR) is 75.5 cm³/mol. The molecule has 1 saturated heterocycles. The summed E-state index contributed by atoms with van der Waals surface area (Å²) in [4.78, 5) is 22.4. The van der Waals surface area contributed by atoms with Crippen molar-refractivity contribution in [1.29, 1.82) is 0 Å². The summed E-state index contributed by atoms with van der Waals surface area (Å²) < 4.78 is 0. The van der Waals surface area contributed by atoms with Crippen molar-refractivity contribution in [3.63, 3.8) is 0 Å². The minimum atomic E-state index is -1.10. The predicted octanol–water partition coefficient (Wildman–Crippen LogP) is 4.11. The van der Waals surface area contributed by atoms with E-state index in [4.69, 9.17) is 19.6 Å². The fourth-order valence-electron chi connectivity index (χ4n) is 1.92. The molecule has 0 aromatic heterocycles. The number of hydrogen-bond donors (Lipinski definition) is 0. The molecule has 0 bridgehead atoms. The Morgan fingerprint density at radius 2 is 1.15 bits per heavy atom. The Morgan fingerprint density at radius 3 is 1.60 bits per heavy atom. The van der Waals surface area contributed by atoms with Gasteiger partial charge in [0.05, 0.1) is 11.2 Å². The normalized spacial score (nSPS) is 25.2. The first-order chi connectivity index (χ1) is 9.23. The van der Waals surface area contributed by atoms with Crippen LogP contribution in [0.15, 0.2) is 30.3 Å². The molecule has 0 atom stereocenters. The molecule has 2 rings (SSSR count). The van der Waals surface area contributed by atoms with Gasteiger partial charge in [0.1, 0.15) is 0 Å². The highest BCUT2D eigenvalue weighted by atomic mass is 17.3. The molecule has 1 aliphatic rings. The molecule has 1 heterocycles. The van der Waals surface area contributed by atoms with Crippen molar-refractivity contribution in [2.45, 2.75) is 64.4 Å². The fraction of sp³-hybridized carbons (Fsp3) is 0.625. The highest BCUT2D eigenvalue weighted by molar-refractivity contribution is 5.19. The van der Waals surface area contributed by atoms with E-state index in [1.807, 2.05) is 58.0 Å². The quantitative estimate of drug-likeness (QED) is 0.725. The molecule has 4 nitrogen and oxygen atoms in total. The van der Waals surface area contributed by atoms with Gasteiger partial charge in [0, 0.05) is 5.56 Å². The van der Waals surface area contributed by atoms with Gasteiger partial charge >= 0.3 is 0 Å². The summed E-state index contributed by atoms with van der Waals surface area (Å²) in [5.74, 6) is -1.10. The summed E-state index contributed by atoms with van der Waals surface area (Å²) >= 11 is 0. The first-order valence-corrected chi connectivity index (χ1v) is 7.02. The van der Waals surface area contributed by atoms with Crippen molar-refractivity contribution in [2.24, 2.45) is 0 Å². The zero-order valence-electron chi connectivity index (χ0n) is 12.9. The van der Waals surface area contributed by atoms with Gasteiger partial charge in [-0.05, 0) is 47.5 Å². The third-order valence-electron chi connectivity index (χ3n) is 3.48. The van der Waals surface area contributed by atoms with Crippen molar-refractivity contribution in [3.05, 3.63) is 35.9 Å². The maximum absolute atomic E-state index is 5.61. The van der Waals surface area contributed by atoms with Crippen molar-refractivity contribution < 1.29 is 19.6 Å². The lowest BCUT2D eigenvalue weighted by molar-refractivity contribution is -0.540. The molecule has 0 spiro atoms. The first-order valence-electron chi connectivity index (χ1n) is 7.02. The molecule has 0 amide bonds. The monoisotopic (exact) mass is 280 g/mol. The molecule has 1 aromatic carbocycles. The molecule has 0 N–H and O–H groups in total. The van der Waals surface area contributed by atoms with Crippen LogP contribution < -0.4 is 0 Å². The van der Waals surface area contributed by atoms with Crippen LogP contribution in [0, 0.1) is 0 Å². The fourth-order valence-corrected chi connectivity index (χ4v) is 1.92. The average molecular weight is 280 g/mol. The van der Waals surface area contributed by atoms with Gasteiger partial charge in [0.2, 0.25) is 0 Å². The summed E-state index contributed by atoms with van der Waals surface area (Å²) in [5, 5.41) is 0. The average Bonchev–Trinajstić information content (AvgIpc) is 2.46. The molecule has 0 saturated carbocycles. The van der Waals surface area contributed by atoms with Crippen molar-refractivity contribution >= 4 is 0 Å². The van der Waals surface area contributed by atoms with Crippen LogP contribution in [-0.2, 0) is 25.3 Å². The number of benzene rings is 1. The SMILES string of the molecule is CC1(C)CCC(C)(C)OOC(C)(c2ccccc2)OO1. The molecule has 0 unspecified atom stereocenters. The molecule has 0 radical (unpaired) electrons. The molecule has 112 valence electrons. The number of hydrogen-bond acceptors (Lipinski definition) is 4. The third kappa shape index (κ3) is 3.79. The van der Waals surface area contributed by atoms with Gasteiger partial charge in [-0.15, -0.1) is 0 Å². The lowest BCUT2D eigenvalue weighted by atomic mass is 9.94. The molecule has 0 aliphatic carbocycles. The van der Waals surface area contributed by atoms with E-state index in [-0.39, 0.29) is 0 Å². The summed E-state index contributed by atoms with van der Waals surface area (Å²) in [7, 11) is 0. The Labute approximate surface area is 120 Å². The summed E-state index contributed by atoms with van der Waals surface area (Å²) in [6.45, 7) is 9.79. The third-order valence-corrected chi connectivity index (χ3v) is 3.48. The van der Waals surface area contributed by atoms with Crippen LogP contribution in [0.4, 0.5) is 0 Å². The smallest absolute Gasteiger partial charge is 0.227 e. The highest BCUT2D eigenvalue weighted by Gasteiger charge is 2.39.